The maximum absolute atomic E-state index is 5.61. The van der Waals surface area contributed by atoms with Gasteiger partial charge in [-0.15, -0.1) is 11.3 Å². The molecule has 5 heteroatoms. The van der Waals surface area contributed by atoms with Crippen molar-refractivity contribution in [1.82, 2.24) is 9.97 Å². The minimum Gasteiger partial charge on any atom is -0.494 e. The Morgan fingerprint density at radius 2 is 1.62 bits per heavy atom. The number of benzene rings is 2. The van der Waals surface area contributed by atoms with Gasteiger partial charge in [0.25, 0.3) is 0 Å². The van der Waals surface area contributed by atoms with E-state index in [1.807, 2.05) is 26.0 Å². The number of hydrogen-bond acceptors (Lipinski definition) is 5. The van der Waals surface area contributed by atoms with E-state index in [-0.39, 0.29) is 0 Å². The van der Waals surface area contributed by atoms with Crippen molar-refractivity contribution in [2.45, 2.75) is 34.6 Å². The van der Waals surface area contributed by atoms with E-state index in [0.29, 0.717) is 6.61 Å². The van der Waals surface area contributed by atoms with E-state index in [0.717, 1.165) is 38.9 Å². The number of para-hydroxylation sites is 1. The lowest BCUT2D eigenvalue weighted by Gasteiger charge is -2.14. The van der Waals surface area contributed by atoms with Gasteiger partial charge in [-0.1, -0.05) is 30.3 Å². The zero-order valence-electron chi connectivity index (χ0n) is 17.5. The lowest BCUT2D eigenvalue weighted by molar-refractivity contribution is 0.340. The molecule has 0 saturated carbocycles. The molecule has 29 heavy (non-hydrogen) atoms. The third-order valence-corrected chi connectivity index (χ3v) is 6.02. The lowest BCUT2D eigenvalue weighted by Crippen LogP contribution is -2.01. The molecule has 4 rings (SSSR count). The summed E-state index contributed by atoms with van der Waals surface area (Å²) in [7, 11) is 0. The predicted molar refractivity (Wildman–Crippen MR) is 123 cm³/mol. The van der Waals surface area contributed by atoms with E-state index in [9.17, 15) is 0 Å². The van der Waals surface area contributed by atoms with Crippen LogP contribution in [0.15, 0.2) is 42.5 Å². The van der Waals surface area contributed by atoms with Crippen LogP contribution >= 0.6 is 11.3 Å². The average molecular weight is 404 g/mol. The van der Waals surface area contributed by atoms with Crippen molar-refractivity contribution < 1.29 is 4.74 Å². The molecular weight excluding hydrogens is 378 g/mol. The fourth-order valence-corrected chi connectivity index (χ4v) is 4.76. The van der Waals surface area contributed by atoms with Crippen molar-refractivity contribution >= 4 is 33.1 Å². The largest absolute Gasteiger partial charge is 0.494 e. The van der Waals surface area contributed by atoms with E-state index in [2.05, 4.69) is 56.4 Å². The van der Waals surface area contributed by atoms with Gasteiger partial charge in [-0.2, -0.15) is 0 Å². The minimum absolute atomic E-state index is 0.663. The number of nitrogens with zero attached hydrogens (tertiary/aromatic N) is 2. The summed E-state index contributed by atoms with van der Waals surface area (Å²) in [6, 6.07) is 14.6. The van der Waals surface area contributed by atoms with Crippen LogP contribution in [0.3, 0.4) is 0 Å². The van der Waals surface area contributed by atoms with Crippen molar-refractivity contribution in [2.75, 3.05) is 11.9 Å². The highest BCUT2D eigenvalue weighted by molar-refractivity contribution is 7.19. The topological polar surface area (TPSA) is 47.0 Å². The molecule has 0 bridgehead atoms. The predicted octanol–water partition coefficient (Wildman–Crippen LogP) is 6.73. The van der Waals surface area contributed by atoms with Crippen LogP contribution < -0.4 is 10.1 Å². The fraction of sp³-hybridized carbons (Fsp3) is 0.250. The van der Waals surface area contributed by atoms with Crippen LogP contribution in [0, 0.1) is 27.7 Å². The van der Waals surface area contributed by atoms with E-state index >= 15 is 0 Å². The van der Waals surface area contributed by atoms with Gasteiger partial charge in [0.1, 0.15) is 22.2 Å². The molecule has 0 unspecified atom stereocenters. The molecule has 1 N–H and O–H groups in total. The van der Waals surface area contributed by atoms with Crippen LogP contribution in [0.1, 0.15) is 28.8 Å². The highest BCUT2D eigenvalue weighted by Crippen LogP contribution is 2.42. The quantitative estimate of drug-likeness (QED) is 0.401. The molecule has 0 aliphatic carbocycles. The molecule has 148 valence electrons. The smallest absolute Gasteiger partial charge is 0.143 e. The third-order valence-electron chi connectivity index (χ3n) is 5.02. The monoisotopic (exact) mass is 403 g/mol. The second-order valence-electron chi connectivity index (χ2n) is 7.18. The van der Waals surface area contributed by atoms with E-state index in [1.165, 1.54) is 21.6 Å². The molecule has 0 radical (unpaired) electrons. The first-order valence-corrected chi connectivity index (χ1v) is 10.6. The van der Waals surface area contributed by atoms with Gasteiger partial charge in [0.15, 0.2) is 0 Å². The summed E-state index contributed by atoms with van der Waals surface area (Å²) in [5, 5.41) is 4.68. The van der Waals surface area contributed by atoms with Gasteiger partial charge in [-0.05, 0) is 63.4 Å². The number of fused-ring (bicyclic) bond motifs is 1. The number of nitrogens with one attached hydrogen (secondary N) is 1. The Morgan fingerprint density at radius 1 is 0.931 bits per heavy atom. The van der Waals surface area contributed by atoms with Gasteiger partial charge in [0.2, 0.25) is 0 Å². The van der Waals surface area contributed by atoms with Gasteiger partial charge >= 0.3 is 0 Å². The number of ether oxygens (including phenoxy) is 1. The standard InChI is InChI=1S/C24H25N3OS/c1-6-28-19-12-10-18(11-13-19)20-16(4)29-24-21(20)23(25-17(5)26-24)27-22-14(2)8-7-9-15(22)3/h7-13H,6H2,1-5H3,(H,25,26,27). The molecule has 4 aromatic rings. The highest BCUT2D eigenvalue weighted by atomic mass is 32.1. The Labute approximate surface area is 175 Å². The number of aryl methyl sites for hydroxylation is 4. The van der Waals surface area contributed by atoms with E-state index in [4.69, 9.17) is 14.7 Å². The van der Waals surface area contributed by atoms with Crippen LogP contribution in [0.25, 0.3) is 21.3 Å². The van der Waals surface area contributed by atoms with Gasteiger partial charge in [-0.25, -0.2) is 9.97 Å². The number of thiophene rings is 1. The van der Waals surface area contributed by atoms with Crippen molar-refractivity contribution in [3.63, 3.8) is 0 Å². The van der Waals surface area contributed by atoms with Gasteiger partial charge in [-0.3, -0.25) is 0 Å². The first-order chi connectivity index (χ1) is 14.0. The Balaban J connectivity index is 1.89. The van der Waals surface area contributed by atoms with Crippen molar-refractivity contribution in [2.24, 2.45) is 0 Å². The van der Waals surface area contributed by atoms with Gasteiger partial charge in [0.05, 0.1) is 12.0 Å². The Bertz CT molecular complexity index is 1160. The molecule has 0 aliphatic heterocycles. The first kappa shape index (κ1) is 19.4. The maximum Gasteiger partial charge on any atom is 0.143 e. The molecule has 2 heterocycles. The molecule has 0 saturated heterocycles. The van der Waals surface area contributed by atoms with Gasteiger partial charge in [0, 0.05) is 16.1 Å². The number of aromatic nitrogens is 2. The van der Waals surface area contributed by atoms with Crippen molar-refractivity contribution in [3.05, 3.63) is 64.3 Å². The molecular formula is C24H25N3OS. The zero-order chi connectivity index (χ0) is 20.5. The van der Waals surface area contributed by atoms with E-state index in [1.54, 1.807) is 11.3 Å². The van der Waals surface area contributed by atoms with Crippen LogP contribution in [0.4, 0.5) is 11.5 Å². The Kier molecular flexibility index (Phi) is 5.24. The fourth-order valence-electron chi connectivity index (χ4n) is 3.67. The average Bonchev–Trinajstić information content (AvgIpc) is 3.01. The molecule has 0 fully saturated rings. The normalized spacial score (nSPS) is 11.1. The van der Waals surface area contributed by atoms with Crippen molar-refractivity contribution in [3.8, 4) is 16.9 Å². The summed E-state index contributed by atoms with van der Waals surface area (Å²) in [4.78, 5) is 11.7. The molecule has 0 amide bonds. The minimum atomic E-state index is 0.663. The first-order valence-electron chi connectivity index (χ1n) is 9.82. The lowest BCUT2D eigenvalue weighted by atomic mass is 10.0. The number of rotatable bonds is 5. The zero-order valence-corrected chi connectivity index (χ0v) is 18.3. The maximum atomic E-state index is 5.61. The molecule has 2 aromatic heterocycles. The summed E-state index contributed by atoms with van der Waals surface area (Å²) in [6.07, 6.45) is 0. The van der Waals surface area contributed by atoms with Crippen LogP contribution in [-0.2, 0) is 0 Å². The molecule has 0 aliphatic rings. The van der Waals surface area contributed by atoms with E-state index < -0.39 is 0 Å². The second kappa shape index (κ2) is 7.84. The number of hydrogen-bond donors (Lipinski definition) is 1. The van der Waals surface area contributed by atoms with Gasteiger partial charge < -0.3 is 10.1 Å². The summed E-state index contributed by atoms with van der Waals surface area (Å²) < 4.78 is 5.61. The SMILES string of the molecule is CCOc1ccc(-c2c(C)sc3nc(C)nc(Nc4c(C)cccc4C)c23)cc1. The summed E-state index contributed by atoms with van der Waals surface area (Å²) in [5.74, 6) is 2.51. The van der Waals surface area contributed by atoms with Crippen molar-refractivity contribution in [1.29, 1.82) is 0 Å². The van der Waals surface area contributed by atoms with Crippen LogP contribution in [0.2, 0.25) is 0 Å². The molecule has 2 aromatic carbocycles. The molecule has 4 nitrogen and oxygen atoms in total. The second-order valence-corrected chi connectivity index (χ2v) is 8.39. The summed E-state index contributed by atoms with van der Waals surface area (Å²) >= 11 is 1.71. The van der Waals surface area contributed by atoms with Crippen LogP contribution in [0.5, 0.6) is 5.75 Å². The molecule has 0 atom stereocenters. The third kappa shape index (κ3) is 3.70. The summed E-state index contributed by atoms with van der Waals surface area (Å²) in [6.45, 7) is 11.0. The highest BCUT2D eigenvalue weighted by Gasteiger charge is 2.19. The summed E-state index contributed by atoms with van der Waals surface area (Å²) in [5.41, 5.74) is 5.83. The number of anilines is 2. The molecule has 0 spiro atoms. The Hall–Kier alpha value is -2.92. The Morgan fingerprint density at radius 3 is 2.28 bits per heavy atom. The van der Waals surface area contributed by atoms with Crippen LogP contribution in [-0.4, -0.2) is 16.6 Å².